The SMILES string of the molecule is N#CC(=Cc1ccc(-c2cccc(Cl)c2Cl)o1)C(=O)Nc1cccc2ccccc12. The zero-order valence-corrected chi connectivity index (χ0v) is 17.0. The minimum Gasteiger partial charge on any atom is -0.457 e. The predicted octanol–water partition coefficient (Wildman–Crippen LogP) is 6.95. The Morgan fingerprint density at radius 2 is 1.73 bits per heavy atom. The second-order valence-electron chi connectivity index (χ2n) is 6.45. The summed E-state index contributed by atoms with van der Waals surface area (Å²) in [5.74, 6) is 0.318. The molecular weight excluding hydrogens is 419 g/mol. The Morgan fingerprint density at radius 1 is 0.967 bits per heavy atom. The minimum atomic E-state index is -0.521. The Kier molecular flexibility index (Phi) is 5.58. The van der Waals surface area contributed by atoms with Crippen LogP contribution < -0.4 is 5.32 Å². The molecule has 30 heavy (non-hydrogen) atoms. The number of anilines is 1. The van der Waals surface area contributed by atoms with E-state index in [0.717, 1.165) is 10.8 Å². The van der Waals surface area contributed by atoms with Crippen molar-refractivity contribution in [3.8, 4) is 17.4 Å². The quantitative estimate of drug-likeness (QED) is 0.280. The van der Waals surface area contributed by atoms with Gasteiger partial charge in [-0.15, -0.1) is 0 Å². The van der Waals surface area contributed by atoms with E-state index in [4.69, 9.17) is 27.6 Å². The van der Waals surface area contributed by atoms with Crippen molar-refractivity contribution < 1.29 is 9.21 Å². The molecule has 0 unspecified atom stereocenters. The third kappa shape index (κ3) is 3.95. The summed E-state index contributed by atoms with van der Waals surface area (Å²) in [5, 5.41) is 15.0. The van der Waals surface area contributed by atoms with Crippen LogP contribution in [-0.2, 0) is 4.79 Å². The van der Waals surface area contributed by atoms with Gasteiger partial charge in [-0.25, -0.2) is 0 Å². The van der Waals surface area contributed by atoms with Gasteiger partial charge in [0.25, 0.3) is 5.91 Å². The Bertz CT molecular complexity index is 1330. The second kappa shape index (κ2) is 8.46. The summed E-state index contributed by atoms with van der Waals surface area (Å²) in [6.45, 7) is 0. The highest BCUT2D eigenvalue weighted by Gasteiger charge is 2.14. The fraction of sp³-hybridized carbons (Fsp3) is 0. The average Bonchev–Trinajstić information content (AvgIpc) is 3.22. The number of hydrogen-bond acceptors (Lipinski definition) is 3. The van der Waals surface area contributed by atoms with E-state index in [9.17, 15) is 10.1 Å². The van der Waals surface area contributed by atoms with E-state index in [1.807, 2.05) is 42.5 Å². The number of carbonyl (C=O) groups excluding carboxylic acids is 1. The fourth-order valence-corrected chi connectivity index (χ4v) is 3.48. The lowest BCUT2D eigenvalue weighted by Gasteiger charge is -2.08. The number of carbonyl (C=O) groups is 1. The standard InChI is InChI=1S/C24H14Cl2N2O2/c25-20-9-4-8-19(23(20)26)22-12-11-17(30-22)13-16(14-27)24(29)28-21-10-3-6-15-5-1-2-7-18(15)21/h1-13H,(H,28,29). The lowest BCUT2D eigenvalue weighted by atomic mass is 10.1. The molecule has 0 radical (unpaired) electrons. The van der Waals surface area contributed by atoms with Crippen molar-refractivity contribution in [2.45, 2.75) is 0 Å². The molecule has 1 aromatic heterocycles. The van der Waals surface area contributed by atoms with E-state index >= 15 is 0 Å². The van der Waals surface area contributed by atoms with E-state index in [1.54, 1.807) is 36.4 Å². The predicted molar refractivity (Wildman–Crippen MR) is 120 cm³/mol. The molecule has 4 rings (SSSR count). The van der Waals surface area contributed by atoms with Crippen molar-refractivity contribution in [1.82, 2.24) is 0 Å². The largest absolute Gasteiger partial charge is 0.457 e. The number of amides is 1. The topological polar surface area (TPSA) is 66.0 Å². The van der Waals surface area contributed by atoms with Crippen LogP contribution in [0.15, 0.2) is 82.8 Å². The Morgan fingerprint density at radius 3 is 2.57 bits per heavy atom. The van der Waals surface area contributed by atoms with Crippen LogP contribution in [0.3, 0.4) is 0 Å². The van der Waals surface area contributed by atoms with Gasteiger partial charge in [0, 0.05) is 22.7 Å². The number of halogens is 2. The summed E-state index contributed by atoms with van der Waals surface area (Å²) < 4.78 is 5.76. The second-order valence-corrected chi connectivity index (χ2v) is 7.24. The molecule has 0 aliphatic carbocycles. The molecule has 6 heteroatoms. The maximum Gasteiger partial charge on any atom is 0.266 e. The molecule has 4 aromatic rings. The highest BCUT2D eigenvalue weighted by Crippen LogP contribution is 2.34. The summed E-state index contributed by atoms with van der Waals surface area (Å²) in [4.78, 5) is 12.7. The van der Waals surface area contributed by atoms with Crippen LogP contribution in [-0.4, -0.2) is 5.91 Å². The number of furan rings is 1. The van der Waals surface area contributed by atoms with Gasteiger partial charge in [-0.05, 0) is 35.7 Å². The van der Waals surface area contributed by atoms with Crippen molar-refractivity contribution in [1.29, 1.82) is 5.26 Å². The molecule has 0 atom stereocenters. The van der Waals surface area contributed by atoms with Gasteiger partial charge in [-0.3, -0.25) is 4.79 Å². The number of rotatable bonds is 4. The zero-order chi connectivity index (χ0) is 21.1. The summed E-state index contributed by atoms with van der Waals surface area (Å²) in [5.41, 5.74) is 1.17. The summed E-state index contributed by atoms with van der Waals surface area (Å²) in [6, 6.07) is 23.8. The number of nitrogens with zero attached hydrogens (tertiary/aromatic N) is 1. The van der Waals surface area contributed by atoms with Crippen LogP contribution in [0, 0.1) is 11.3 Å². The molecule has 0 fully saturated rings. The molecule has 1 amide bonds. The molecule has 3 aromatic carbocycles. The molecule has 0 aliphatic rings. The summed E-state index contributed by atoms with van der Waals surface area (Å²) >= 11 is 12.3. The van der Waals surface area contributed by atoms with Crippen molar-refractivity contribution in [2.24, 2.45) is 0 Å². The Hall–Kier alpha value is -3.52. The molecule has 0 spiro atoms. The first-order valence-corrected chi connectivity index (χ1v) is 9.77. The van der Waals surface area contributed by atoms with E-state index in [2.05, 4.69) is 5.32 Å². The van der Waals surface area contributed by atoms with E-state index in [-0.39, 0.29) is 5.57 Å². The lowest BCUT2D eigenvalue weighted by Crippen LogP contribution is -2.13. The molecule has 4 nitrogen and oxygen atoms in total. The van der Waals surface area contributed by atoms with Gasteiger partial charge in [0.15, 0.2) is 0 Å². The fourth-order valence-electron chi connectivity index (χ4n) is 3.08. The molecule has 146 valence electrons. The van der Waals surface area contributed by atoms with Crippen molar-refractivity contribution in [2.75, 3.05) is 5.32 Å². The number of nitriles is 1. The van der Waals surface area contributed by atoms with Crippen molar-refractivity contribution >= 4 is 51.6 Å². The van der Waals surface area contributed by atoms with Crippen LogP contribution in [0.4, 0.5) is 5.69 Å². The monoisotopic (exact) mass is 432 g/mol. The van der Waals surface area contributed by atoms with Crippen molar-refractivity contribution in [3.05, 3.63) is 94.2 Å². The maximum absolute atomic E-state index is 12.7. The van der Waals surface area contributed by atoms with Crippen LogP contribution in [0.2, 0.25) is 10.0 Å². The smallest absolute Gasteiger partial charge is 0.266 e. The van der Waals surface area contributed by atoms with Gasteiger partial charge in [0.1, 0.15) is 23.2 Å². The van der Waals surface area contributed by atoms with E-state index in [0.29, 0.717) is 32.8 Å². The van der Waals surface area contributed by atoms with Crippen LogP contribution >= 0.6 is 23.2 Å². The normalized spacial score (nSPS) is 11.3. The number of benzene rings is 3. The number of hydrogen-bond donors (Lipinski definition) is 1. The van der Waals surface area contributed by atoms with Crippen LogP contribution in [0.1, 0.15) is 5.76 Å². The molecule has 0 aliphatic heterocycles. The first-order chi connectivity index (χ1) is 14.6. The summed E-state index contributed by atoms with van der Waals surface area (Å²) in [6.07, 6.45) is 1.39. The first-order valence-electron chi connectivity index (χ1n) is 9.02. The molecular formula is C24H14Cl2N2O2. The highest BCUT2D eigenvalue weighted by atomic mass is 35.5. The number of nitrogens with one attached hydrogen (secondary N) is 1. The van der Waals surface area contributed by atoms with Crippen LogP contribution in [0.5, 0.6) is 0 Å². The van der Waals surface area contributed by atoms with Gasteiger partial charge in [0.2, 0.25) is 0 Å². The molecule has 0 saturated heterocycles. The van der Waals surface area contributed by atoms with E-state index < -0.39 is 5.91 Å². The van der Waals surface area contributed by atoms with Gasteiger partial charge < -0.3 is 9.73 Å². The van der Waals surface area contributed by atoms with Gasteiger partial charge in [-0.1, -0.05) is 65.7 Å². The number of fused-ring (bicyclic) bond motifs is 1. The third-order valence-electron chi connectivity index (χ3n) is 4.53. The summed E-state index contributed by atoms with van der Waals surface area (Å²) in [7, 11) is 0. The van der Waals surface area contributed by atoms with Crippen molar-refractivity contribution in [3.63, 3.8) is 0 Å². The lowest BCUT2D eigenvalue weighted by molar-refractivity contribution is -0.112. The first kappa shape index (κ1) is 19.8. The van der Waals surface area contributed by atoms with Gasteiger partial charge >= 0.3 is 0 Å². The minimum absolute atomic E-state index is 0.0824. The Labute approximate surface area is 183 Å². The molecule has 0 saturated carbocycles. The maximum atomic E-state index is 12.7. The van der Waals surface area contributed by atoms with Gasteiger partial charge in [0.05, 0.1) is 10.0 Å². The van der Waals surface area contributed by atoms with Crippen LogP contribution in [0.25, 0.3) is 28.2 Å². The van der Waals surface area contributed by atoms with E-state index in [1.165, 1.54) is 6.08 Å². The highest BCUT2D eigenvalue weighted by molar-refractivity contribution is 6.43. The average molecular weight is 433 g/mol. The molecule has 0 bridgehead atoms. The third-order valence-corrected chi connectivity index (χ3v) is 5.35. The molecule has 1 heterocycles. The Balaban J connectivity index is 1.61. The zero-order valence-electron chi connectivity index (χ0n) is 15.5. The molecule has 1 N–H and O–H groups in total. The van der Waals surface area contributed by atoms with Gasteiger partial charge in [-0.2, -0.15) is 5.26 Å².